The number of fused-ring (bicyclic) bond motifs is 6. The minimum absolute atomic E-state index is 0.0690. The highest BCUT2D eigenvalue weighted by molar-refractivity contribution is 6.13. The lowest BCUT2D eigenvalue weighted by Crippen LogP contribution is -2.12. The molecule has 0 spiro atoms. The van der Waals surface area contributed by atoms with Crippen molar-refractivity contribution in [3.05, 3.63) is 178 Å². The third kappa shape index (κ3) is 4.25. The molecule has 0 radical (unpaired) electrons. The van der Waals surface area contributed by atoms with Crippen LogP contribution in [-0.2, 0) is 0 Å². The summed E-state index contributed by atoms with van der Waals surface area (Å²) in [4.78, 5) is 38.5. The number of pyridine rings is 2. The van der Waals surface area contributed by atoms with Gasteiger partial charge >= 0.3 is 0 Å². The molecule has 4 heterocycles. The first kappa shape index (κ1) is 30.1. The van der Waals surface area contributed by atoms with Gasteiger partial charge in [0.05, 0.1) is 22.1 Å². The second-order valence-corrected chi connectivity index (χ2v) is 13.2. The monoisotopic (exact) mass is 698 g/mol. The van der Waals surface area contributed by atoms with E-state index in [1.165, 1.54) is 0 Å². The standard InChI is InChI=1S/C46H26N4O4/c51-41-29-19-7-11-23-33(29)49(34-24-12-8-20-30(34)41)39-37-43(53-45(47-37)27-15-3-1-4-16-27)40(38-44(39)54-46(48-38)28-17-5-2-6-18-28)50-35-25-13-9-21-31(35)42(52)32-22-10-14-26-36(32)50/h1-26H. The summed E-state index contributed by atoms with van der Waals surface area (Å²) in [7, 11) is 0. The molecule has 8 nitrogen and oxygen atoms in total. The van der Waals surface area contributed by atoms with Gasteiger partial charge in [-0.2, -0.15) is 0 Å². The summed E-state index contributed by atoms with van der Waals surface area (Å²) in [6.45, 7) is 0. The number of hydrogen-bond donors (Lipinski definition) is 0. The van der Waals surface area contributed by atoms with Gasteiger partial charge in [0.15, 0.2) is 22.0 Å². The molecule has 0 atom stereocenters. The van der Waals surface area contributed by atoms with Crippen molar-refractivity contribution in [2.24, 2.45) is 0 Å². The van der Waals surface area contributed by atoms with Crippen molar-refractivity contribution < 1.29 is 8.83 Å². The third-order valence-electron chi connectivity index (χ3n) is 10.2. The minimum Gasteiger partial charge on any atom is -0.434 e. The van der Waals surface area contributed by atoms with E-state index in [1.54, 1.807) is 0 Å². The normalized spacial score (nSPS) is 11.9. The molecular weight excluding hydrogens is 673 g/mol. The quantitative estimate of drug-likeness (QED) is 0.170. The summed E-state index contributed by atoms with van der Waals surface area (Å²) in [6, 6.07) is 49.7. The van der Waals surface area contributed by atoms with E-state index in [1.807, 2.05) is 167 Å². The van der Waals surface area contributed by atoms with E-state index < -0.39 is 0 Å². The number of aromatic nitrogens is 4. The Labute approximate surface area is 305 Å². The lowest BCUT2D eigenvalue weighted by atomic mass is 10.1. The second kappa shape index (κ2) is 11.5. The average molecular weight is 699 g/mol. The van der Waals surface area contributed by atoms with Crippen LogP contribution < -0.4 is 10.9 Å². The smallest absolute Gasteiger partial charge is 0.227 e. The predicted octanol–water partition coefficient (Wildman–Crippen LogP) is 10.2. The third-order valence-corrected chi connectivity index (χ3v) is 10.2. The Hall–Kier alpha value is -7.58. The topological polar surface area (TPSA) is 96.1 Å². The van der Waals surface area contributed by atoms with E-state index in [-0.39, 0.29) is 10.9 Å². The lowest BCUT2D eigenvalue weighted by Gasteiger charge is -2.19. The van der Waals surface area contributed by atoms with Crippen LogP contribution in [0.3, 0.4) is 0 Å². The number of nitrogens with zero attached hydrogens (tertiary/aromatic N) is 4. The molecule has 0 bridgehead atoms. The summed E-state index contributed by atoms with van der Waals surface area (Å²) in [5, 5.41) is 2.20. The fraction of sp³-hybridized carbons (Fsp3) is 0. The lowest BCUT2D eigenvalue weighted by molar-refractivity contribution is 0.616. The Kier molecular flexibility index (Phi) is 6.39. The second-order valence-electron chi connectivity index (χ2n) is 13.2. The molecule has 7 aromatic carbocycles. The van der Waals surface area contributed by atoms with Crippen LogP contribution in [0.1, 0.15) is 0 Å². The first-order valence-electron chi connectivity index (χ1n) is 17.6. The highest BCUT2D eigenvalue weighted by atomic mass is 16.4. The van der Waals surface area contributed by atoms with Crippen LogP contribution >= 0.6 is 0 Å². The first-order chi connectivity index (χ1) is 26.7. The van der Waals surface area contributed by atoms with E-state index in [9.17, 15) is 9.59 Å². The average Bonchev–Trinajstić information content (AvgIpc) is 3.88. The van der Waals surface area contributed by atoms with Crippen molar-refractivity contribution >= 4 is 65.8 Å². The molecule has 0 saturated heterocycles. The molecule has 0 unspecified atom stereocenters. The van der Waals surface area contributed by atoms with E-state index in [4.69, 9.17) is 18.8 Å². The minimum atomic E-state index is -0.0690. The maximum Gasteiger partial charge on any atom is 0.227 e. The van der Waals surface area contributed by atoms with Crippen LogP contribution in [0.25, 0.3) is 100 Å². The van der Waals surface area contributed by atoms with Gasteiger partial charge in [-0.1, -0.05) is 84.9 Å². The molecule has 0 saturated carbocycles. The van der Waals surface area contributed by atoms with Gasteiger partial charge in [-0.05, 0) is 72.8 Å². The Morgan fingerprint density at radius 1 is 0.370 bits per heavy atom. The molecule has 8 heteroatoms. The van der Waals surface area contributed by atoms with Gasteiger partial charge in [0.1, 0.15) is 22.4 Å². The highest BCUT2D eigenvalue weighted by Gasteiger charge is 2.30. The molecule has 4 aromatic heterocycles. The van der Waals surface area contributed by atoms with Crippen molar-refractivity contribution in [1.82, 2.24) is 19.1 Å². The molecular formula is C46H26N4O4. The molecule has 0 fully saturated rings. The van der Waals surface area contributed by atoms with Gasteiger partial charge in [-0.3, -0.25) is 9.59 Å². The van der Waals surface area contributed by atoms with Crippen molar-refractivity contribution in [3.8, 4) is 34.3 Å². The maximum atomic E-state index is 14.0. The van der Waals surface area contributed by atoms with Crippen LogP contribution in [0.4, 0.5) is 0 Å². The molecule has 11 aromatic rings. The van der Waals surface area contributed by atoms with Crippen LogP contribution in [0, 0.1) is 0 Å². The fourth-order valence-corrected chi connectivity index (χ4v) is 7.79. The number of oxazole rings is 2. The van der Waals surface area contributed by atoms with E-state index >= 15 is 0 Å². The van der Waals surface area contributed by atoms with E-state index in [2.05, 4.69) is 0 Å². The van der Waals surface area contributed by atoms with Gasteiger partial charge in [-0.25, -0.2) is 9.97 Å². The van der Waals surface area contributed by atoms with Gasteiger partial charge in [0.2, 0.25) is 11.8 Å². The molecule has 11 rings (SSSR count). The zero-order valence-corrected chi connectivity index (χ0v) is 28.4. The molecule has 54 heavy (non-hydrogen) atoms. The van der Waals surface area contributed by atoms with Gasteiger partial charge in [0, 0.05) is 32.7 Å². The van der Waals surface area contributed by atoms with Crippen molar-refractivity contribution in [1.29, 1.82) is 0 Å². The van der Waals surface area contributed by atoms with Gasteiger partial charge < -0.3 is 18.0 Å². The fourth-order valence-electron chi connectivity index (χ4n) is 7.79. The summed E-state index contributed by atoms with van der Waals surface area (Å²) in [6.07, 6.45) is 0. The maximum absolute atomic E-state index is 14.0. The van der Waals surface area contributed by atoms with Crippen LogP contribution in [0.5, 0.6) is 0 Å². The predicted molar refractivity (Wildman–Crippen MR) is 214 cm³/mol. The summed E-state index contributed by atoms with van der Waals surface area (Å²) >= 11 is 0. The molecule has 0 amide bonds. The molecule has 0 N–H and O–H groups in total. The summed E-state index contributed by atoms with van der Waals surface area (Å²) in [5.41, 5.74) is 7.17. The van der Waals surface area contributed by atoms with E-state index in [0.29, 0.717) is 89.0 Å². The molecule has 0 aliphatic carbocycles. The number of rotatable bonds is 4. The summed E-state index contributed by atoms with van der Waals surface area (Å²) in [5.74, 6) is 0.793. The first-order valence-corrected chi connectivity index (χ1v) is 17.6. The Morgan fingerprint density at radius 3 is 1.00 bits per heavy atom. The SMILES string of the molecule is O=c1c2ccccc2n(-c2c3nc(-c4ccccc4)oc3c(-n3c4ccccc4c(=O)c4ccccc43)c3nc(-c4ccccc4)oc23)c2ccccc12. The van der Waals surface area contributed by atoms with Gasteiger partial charge in [-0.15, -0.1) is 0 Å². The van der Waals surface area contributed by atoms with Crippen LogP contribution in [0.15, 0.2) is 176 Å². The van der Waals surface area contributed by atoms with Crippen molar-refractivity contribution in [2.45, 2.75) is 0 Å². The van der Waals surface area contributed by atoms with Crippen LogP contribution in [0.2, 0.25) is 0 Å². The highest BCUT2D eigenvalue weighted by Crippen LogP contribution is 2.44. The van der Waals surface area contributed by atoms with E-state index in [0.717, 1.165) is 11.1 Å². The van der Waals surface area contributed by atoms with Crippen molar-refractivity contribution in [2.75, 3.05) is 0 Å². The zero-order valence-electron chi connectivity index (χ0n) is 28.4. The van der Waals surface area contributed by atoms with Gasteiger partial charge in [0.25, 0.3) is 0 Å². The number of para-hydroxylation sites is 4. The van der Waals surface area contributed by atoms with Crippen molar-refractivity contribution in [3.63, 3.8) is 0 Å². The zero-order chi connectivity index (χ0) is 35.9. The Bertz CT molecular complexity index is 3030. The Balaban J connectivity index is 1.43. The number of benzene rings is 7. The molecule has 0 aliphatic rings. The summed E-state index contributed by atoms with van der Waals surface area (Å²) < 4.78 is 18.0. The molecule has 254 valence electrons. The molecule has 0 aliphatic heterocycles. The van der Waals surface area contributed by atoms with Crippen LogP contribution in [-0.4, -0.2) is 19.1 Å². The number of hydrogen-bond acceptors (Lipinski definition) is 6. The largest absolute Gasteiger partial charge is 0.434 e. The Morgan fingerprint density at radius 2 is 0.667 bits per heavy atom.